The van der Waals surface area contributed by atoms with Crippen LogP contribution in [0.5, 0.6) is 0 Å². The van der Waals surface area contributed by atoms with Gasteiger partial charge in [0.15, 0.2) is 10.8 Å². The maximum Gasteiger partial charge on any atom is 0.325 e. The monoisotopic (exact) mass is 497 g/mol. The van der Waals surface area contributed by atoms with Crippen molar-refractivity contribution in [2.45, 2.75) is 31.6 Å². The maximum atomic E-state index is 11.3. The van der Waals surface area contributed by atoms with Gasteiger partial charge in [-0.2, -0.15) is 0 Å². The number of nitrogens with zero attached hydrogens (tertiary/aromatic N) is 4. The zero-order chi connectivity index (χ0) is 23.7. The Balaban J connectivity index is 1.41. The molecule has 0 aliphatic heterocycles. The fourth-order valence-electron chi connectivity index (χ4n) is 4.75. The van der Waals surface area contributed by atoms with Crippen LogP contribution in [0.4, 0.5) is 11.6 Å². The number of hydrogen-bond donors (Lipinski definition) is 3. The van der Waals surface area contributed by atoms with Crippen molar-refractivity contribution >= 4 is 42.0 Å². The van der Waals surface area contributed by atoms with Gasteiger partial charge in [-0.05, 0) is 67.3 Å². The molecule has 1 aliphatic carbocycles. The third-order valence-corrected chi connectivity index (χ3v) is 7.66. The first-order valence-electron chi connectivity index (χ1n) is 11.2. The number of fused-ring (bicyclic) bond motifs is 1. The van der Waals surface area contributed by atoms with Crippen molar-refractivity contribution in [3.8, 4) is 5.69 Å². The van der Waals surface area contributed by atoms with Crippen molar-refractivity contribution in [3.63, 3.8) is 0 Å². The first-order chi connectivity index (χ1) is 16.4. The van der Waals surface area contributed by atoms with Crippen molar-refractivity contribution in [1.82, 2.24) is 19.5 Å². The number of rotatable bonds is 6. The number of anilines is 2. The average Bonchev–Trinajstić information content (AvgIpc) is 3.19. The highest BCUT2D eigenvalue weighted by Crippen LogP contribution is 2.44. The molecule has 1 saturated carbocycles. The molecule has 2 aromatic carbocycles. The number of imidazole rings is 1. The summed E-state index contributed by atoms with van der Waals surface area (Å²) in [7, 11) is -3.95. The highest BCUT2D eigenvalue weighted by molar-refractivity contribution is 7.51. The van der Waals surface area contributed by atoms with Gasteiger partial charge < -0.3 is 15.1 Å². The Morgan fingerprint density at radius 3 is 2.38 bits per heavy atom. The molecule has 0 saturated heterocycles. The summed E-state index contributed by atoms with van der Waals surface area (Å²) in [5.41, 5.74) is 4.16. The molecule has 4 aromatic rings. The third-order valence-electron chi connectivity index (χ3n) is 6.40. The summed E-state index contributed by atoms with van der Waals surface area (Å²) in [6.45, 7) is 0. The summed E-state index contributed by atoms with van der Waals surface area (Å²) < 4.78 is 13.2. The molecule has 2 heterocycles. The Bertz CT molecular complexity index is 1330. The van der Waals surface area contributed by atoms with Gasteiger partial charge in [0.2, 0.25) is 5.95 Å². The Morgan fingerprint density at radius 2 is 1.71 bits per heavy atom. The number of aromatic nitrogens is 4. The van der Waals surface area contributed by atoms with E-state index in [0.717, 1.165) is 37.1 Å². The van der Waals surface area contributed by atoms with Crippen LogP contribution in [-0.4, -0.2) is 35.5 Å². The highest BCUT2D eigenvalue weighted by Gasteiger charge is 2.27. The molecule has 34 heavy (non-hydrogen) atoms. The molecule has 1 aliphatic rings. The summed E-state index contributed by atoms with van der Waals surface area (Å²) in [6, 6.07) is 18.1. The van der Waals surface area contributed by atoms with Crippen molar-refractivity contribution in [2.75, 3.05) is 11.5 Å². The smallest absolute Gasteiger partial charge is 0.325 e. The molecule has 0 spiro atoms. The van der Waals surface area contributed by atoms with Gasteiger partial charge in [-0.1, -0.05) is 41.9 Å². The Kier molecular flexibility index (Phi) is 6.40. The normalized spacial score (nSPS) is 18.8. The van der Waals surface area contributed by atoms with Crippen LogP contribution >= 0.6 is 19.2 Å². The van der Waals surface area contributed by atoms with E-state index in [0.29, 0.717) is 28.2 Å². The molecule has 8 nitrogen and oxygen atoms in total. The lowest BCUT2D eigenvalue weighted by atomic mass is 9.79. The van der Waals surface area contributed by atoms with Gasteiger partial charge in [0, 0.05) is 5.69 Å². The summed E-state index contributed by atoms with van der Waals surface area (Å²) >= 11 is 6.31. The molecule has 176 valence electrons. The lowest BCUT2D eigenvalue weighted by Gasteiger charge is -2.29. The molecule has 5 rings (SSSR count). The zero-order valence-corrected chi connectivity index (χ0v) is 20.0. The number of hydrogen-bond acceptors (Lipinski definition) is 5. The Hall–Kier alpha value is -2.77. The van der Waals surface area contributed by atoms with E-state index < -0.39 is 7.60 Å². The molecule has 0 unspecified atom stereocenters. The summed E-state index contributed by atoms with van der Waals surface area (Å²) in [5, 5.41) is 3.65. The van der Waals surface area contributed by atoms with Crippen LogP contribution in [0.15, 0.2) is 60.9 Å². The van der Waals surface area contributed by atoms with Crippen LogP contribution < -0.4 is 5.32 Å². The SMILES string of the molecule is O=P(O)(O)C[C@H]1CC[C@H](c2ccc(-n3c(Nc4ccccc4)nc4c(Cl)ncnc43)cc2)CC1. The second-order valence-corrected chi connectivity index (χ2v) is 10.8. The quantitative estimate of drug-likeness (QED) is 0.232. The van der Waals surface area contributed by atoms with E-state index in [2.05, 4.69) is 32.4 Å². The second kappa shape index (κ2) is 9.47. The fraction of sp³-hybridized carbons (Fsp3) is 0.292. The molecule has 2 aromatic heterocycles. The van der Waals surface area contributed by atoms with E-state index in [1.54, 1.807) is 0 Å². The fourth-order valence-corrected chi connectivity index (χ4v) is 5.96. The molecule has 10 heteroatoms. The minimum Gasteiger partial charge on any atom is -0.325 e. The van der Waals surface area contributed by atoms with Gasteiger partial charge in [-0.25, -0.2) is 15.0 Å². The van der Waals surface area contributed by atoms with Crippen molar-refractivity contribution in [1.29, 1.82) is 0 Å². The summed E-state index contributed by atoms with van der Waals surface area (Å²) in [5.74, 6) is 1.08. The lowest BCUT2D eigenvalue weighted by Crippen LogP contribution is -2.16. The largest absolute Gasteiger partial charge is 0.325 e. The summed E-state index contributed by atoms with van der Waals surface area (Å²) in [4.78, 5) is 31.7. The number of halogens is 1. The Labute approximate surface area is 202 Å². The van der Waals surface area contributed by atoms with E-state index in [4.69, 9.17) is 11.6 Å². The molecule has 0 bridgehead atoms. The standard InChI is InChI=1S/C24H25ClN5O3P/c25-22-21-23(27-15-26-22)30(24(29-21)28-19-4-2-1-3-5-19)20-12-10-18(11-13-20)17-8-6-16(7-9-17)14-34(31,32)33/h1-5,10-13,15-17H,6-9,14H2,(H,28,29)(H2,31,32,33)/t16-,17-. The molecular formula is C24H25ClN5O3P. The minimum absolute atomic E-state index is 0.00598. The third kappa shape index (κ3) is 5.00. The van der Waals surface area contributed by atoms with Gasteiger partial charge in [0.25, 0.3) is 0 Å². The van der Waals surface area contributed by atoms with Crippen LogP contribution in [0.2, 0.25) is 5.15 Å². The van der Waals surface area contributed by atoms with Gasteiger partial charge in [0.1, 0.15) is 11.8 Å². The first kappa shape index (κ1) is 23.0. The molecule has 0 amide bonds. The van der Waals surface area contributed by atoms with E-state index in [-0.39, 0.29) is 12.1 Å². The van der Waals surface area contributed by atoms with Gasteiger partial charge >= 0.3 is 7.60 Å². The number of nitrogens with one attached hydrogen (secondary N) is 1. The second-order valence-electron chi connectivity index (χ2n) is 8.75. The van der Waals surface area contributed by atoms with Crippen molar-refractivity contribution in [3.05, 3.63) is 71.6 Å². The molecule has 1 fully saturated rings. The number of benzene rings is 2. The van der Waals surface area contributed by atoms with Gasteiger partial charge in [-0.15, -0.1) is 0 Å². The van der Waals surface area contributed by atoms with Gasteiger partial charge in [0.05, 0.1) is 11.8 Å². The highest BCUT2D eigenvalue weighted by atomic mass is 35.5. The van der Waals surface area contributed by atoms with Crippen LogP contribution in [0, 0.1) is 5.92 Å². The van der Waals surface area contributed by atoms with Crippen LogP contribution in [-0.2, 0) is 4.57 Å². The van der Waals surface area contributed by atoms with Gasteiger partial charge in [-0.3, -0.25) is 9.13 Å². The van der Waals surface area contributed by atoms with Crippen LogP contribution in [0.3, 0.4) is 0 Å². The van der Waals surface area contributed by atoms with Crippen molar-refractivity contribution in [2.24, 2.45) is 5.92 Å². The molecule has 0 radical (unpaired) electrons. The molecular weight excluding hydrogens is 473 g/mol. The topological polar surface area (TPSA) is 113 Å². The van der Waals surface area contributed by atoms with E-state index in [9.17, 15) is 14.4 Å². The predicted molar refractivity (Wildman–Crippen MR) is 133 cm³/mol. The minimum atomic E-state index is -3.95. The Morgan fingerprint density at radius 1 is 1.00 bits per heavy atom. The maximum absolute atomic E-state index is 11.3. The predicted octanol–water partition coefficient (Wildman–Crippen LogP) is 5.66. The first-order valence-corrected chi connectivity index (χ1v) is 13.4. The average molecular weight is 498 g/mol. The summed E-state index contributed by atoms with van der Waals surface area (Å²) in [6.07, 6.45) is 4.96. The van der Waals surface area contributed by atoms with Crippen LogP contribution in [0.1, 0.15) is 37.2 Å². The van der Waals surface area contributed by atoms with E-state index in [1.165, 1.54) is 11.9 Å². The van der Waals surface area contributed by atoms with Crippen molar-refractivity contribution < 1.29 is 14.4 Å². The molecule has 3 N–H and O–H groups in total. The lowest BCUT2D eigenvalue weighted by molar-refractivity contribution is 0.316. The molecule has 0 atom stereocenters. The van der Waals surface area contributed by atoms with E-state index >= 15 is 0 Å². The van der Waals surface area contributed by atoms with Crippen LogP contribution in [0.25, 0.3) is 16.9 Å². The zero-order valence-electron chi connectivity index (χ0n) is 18.4. The number of para-hydroxylation sites is 1. The van der Waals surface area contributed by atoms with E-state index in [1.807, 2.05) is 47.0 Å².